The Hall–Kier alpha value is -2.14. The number of aromatic nitrogens is 2. The first-order valence-corrected chi connectivity index (χ1v) is 8.69. The predicted molar refractivity (Wildman–Crippen MR) is 96.3 cm³/mol. The highest BCUT2D eigenvalue weighted by Crippen LogP contribution is 2.38. The third kappa shape index (κ3) is 2.73. The Bertz CT molecular complexity index is 702. The van der Waals surface area contributed by atoms with Gasteiger partial charge in [-0.3, -0.25) is 0 Å². The molecule has 4 rings (SSSR count). The van der Waals surface area contributed by atoms with E-state index in [1.807, 2.05) is 26.4 Å². The van der Waals surface area contributed by atoms with Crippen LogP contribution in [0.3, 0.4) is 0 Å². The van der Waals surface area contributed by atoms with E-state index < -0.39 is 0 Å². The van der Waals surface area contributed by atoms with E-state index in [2.05, 4.69) is 39.0 Å². The van der Waals surface area contributed by atoms with Crippen molar-refractivity contribution in [3.63, 3.8) is 0 Å². The molecule has 2 aliphatic rings. The van der Waals surface area contributed by atoms with E-state index in [9.17, 15) is 5.11 Å². The number of aliphatic hydroxyl groups is 1. The van der Waals surface area contributed by atoms with Gasteiger partial charge in [-0.05, 0) is 43.9 Å². The number of benzene rings is 1. The summed E-state index contributed by atoms with van der Waals surface area (Å²) in [5.74, 6) is 0.809. The number of hydrogen-bond acceptors (Lipinski definition) is 5. The van der Waals surface area contributed by atoms with E-state index in [1.54, 1.807) is 0 Å². The molecular formula is C19H24N4O. The van der Waals surface area contributed by atoms with Crippen molar-refractivity contribution in [1.29, 1.82) is 0 Å². The van der Waals surface area contributed by atoms with E-state index in [0.29, 0.717) is 12.1 Å². The number of fused-ring (bicyclic) bond motifs is 2. The summed E-state index contributed by atoms with van der Waals surface area (Å²) in [6, 6.07) is 11.2. The van der Waals surface area contributed by atoms with E-state index >= 15 is 0 Å². The average molecular weight is 324 g/mol. The lowest BCUT2D eigenvalue weighted by Crippen LogP contribution is -2.45. The molecule has 2 aliphatic heterocycles. The maximum atomic E-state index is 9.99. The minimum absolute atomic E-state index is 0.166. The van der Waals surface area contributed by atoms with Crippen LogP contribution in [0.25, 0.3) is 11.3 Å². The van der Waals surface area contributed by atoms with Crippen molar-refractivity contribution in [2.75, 3.05) is 23.9 Å². The van der Waals surface area contributed by atoms with Gasteiger partial charge in [0.05, 0.1) is 11.8 Å². The zero-order chi connectivity index (χ0) is 16.7. The van der Waals surface area contributed by atoms with Crippen molar-refractivity contribution in [3.05, 3.63) is 36.5 Å². The Balaban J connectivity index is 1.62. The van der Waals surface area contributed by atoms with E-state index in [1.165, 1.54) is 5.69 Å². The Morgan fingerprint density at radius 2 is 1.71 bits per heavy atom. The molecule has 1 aromatic heterocycles. The normalized spacial score (nSPS) is 25.8. The van der Waals surface area contributed by atoms with Gasteiger partial charge in [-0.2, -0.15) is 0 Å². The predicted octanol–water partition coefficient (Wildman–Crippen LogP) is 2.70. The molecule has 3 heterocycles. The highest BCUT2D eigenvalue weighted by Gasteiger charge is 2.41. The van der Waals surface area contributed by atoms with Crippen molar-refractivity contribution in [3.8, 4) is 11.3 Å². The first kappa shape index (κ1) is 15.4. The Labute approximate surface area is 143 Å². The van der Waals surface area contributed by atoms with Gasteiger partial charge in [-0.1, -0.05) is 12.1 Å². The van der Waals surface area contributed by atoms with Crippen LogP contribution in [0, 0.1) is 0 Å². The summed E-state index contributed by atoms with van der Waals surface area (Å²) >= 11 is 0. The maximum absolute atomic E-state index is 9.99. The number of nitrogens with zero attached hydrogens (tertiary/aromatic N) is 4. The Morgan fingerprint density at radius 3 is 2.33 bits per heavy atom. The largest absolute Gasteiger partial charge is 0.393 e. The summed E-state index contributed by atoms with van der Waals surface area (Å²) in [4.78, 5) is 13.8. The molecule has 3 atom stereocenters. The second kappa shape index (κ2) is 6.06. The fourth-order valence-electron chi connectivity index (χ4n) is 4.04. The smallest absolute Gasteiger partial charge is 0.226 e. The molecule has 0 saturated carbocycles. The third-order valence-corrected chi connectivity index (χ3v) is 5.26. The molecular weight excluding hydrogens is 300 g/mol. The molecule has 5 heteroatoms. The van der Waals surface area contributed by atoms with Gasteiger partial charge in [0.2, 0.25) is 5.95 Å². The van der Waals surface area contributed by atoms with Crippen LogP contribution in [0.4, 0.5) is 11.6 Å². The summed E-state index contributed by atoms with van der Waals surface area (Å²) in [7, 11) is 4.08. The lowest BCUT2D eigenvalue weighted by molar-refractivity contribution is 0.125. The molecule has 2 saturated heterocycles. The molecule has 24 heavy (non-hydrogen) atoms. The van der Waals surface area contributed by atoms with Crippen molar-refractivity contribution >= 4 is 11.6 Å². The number of aliphatic hydroxyl groups excluding tert-OH is 1. The summed E-state index contributed by atoms with van der Waals surface area (Å²) in [6.45, 7) is 0. The van der Waals surface area contributed by atoms with Crippen molar-refractivity contribution in [2.24, 2.45) is 0 Å². The Kier molecular flexibility index (Phi) is 3.88. The van der Waals surface area contributed by atoms with Gasteiger partial charge in [0, 0.05) is 43.6 Å². The molecule has 2 aromatic rings. The van der Waals surface area contributed by atoms with Crippen LogP contribution in [-0.4, -0.2) is 47.4 Å². The molecule has 0 radical (unpaired) electrons. The zero-order valence-electron chi connectivity index (χ0n) is 14.3. The SMILES string of the molecule is CN(C)c1ccc(-c2ccnc(N3[C@@H]4CC[C@H]3CC(O)C4)n2)cc1. The first-order chi connectivity index (χ1) is 11.6. The van der Waals surface area contributed by atoms with Crippen LogP contribution in [-0.2, 0) is 0 Å². The maximum Gasteiger partial charge on any atom is 0.226 e. The summed E-state index contributed by atoms with van der Waals surface area (Å²) < 4.78 is 0. The second-order valence-electron chi connectivity index (χ2n) is 7.10. The lowest BCUT2D eigenvalue weighted by Gasteiger charge is -2.37. The molecule has 0 amide bonds. The van der Waals surface area contributed by atoms with Crippen molar-refractivity contribution in [2.45, 2.75) is 43.9 Å². The fraction of sp³-hybridized carbons (Fsp3) is 0.474. The number of rotatable bonds is 3. The van der Waals surface area contributed by atoms with Crippen LogP contribution in [0.1, 0.15) is 25.7 Å². The quantitative estimate of drug-likeness (QED) is 0.941. The van der Waals surface area contributed by atoms with E-state index in [4.69, 9.17) is 4.98 Å². The number of anilines is 2. The van der Waals surface area contributed by atoms with Gasteiger partial charge in [-0.15, -0.1) is 0 Å². The van der Waals surface area contributed by atoms with Crippen LogP contribution >= 0.6 is 0 Å². The Morgan fingerprint density at radius 1 is 1.04 bits per heavy atom. The minimum Gasteiger partial charge on any atom is -0.393 e. The fourth-order valence-corrected chi connectivity index (χ4v) is 4.04. The van der Waals surface area contributed by atoms with Crippen molar-refractivity contribution < 1.29 is 5.11 Å². The molecule has 1 N–H and O–H groups in total. The molecule has 1 aromatic carbocycles. The van der Waals surface area contributed by atoms with Gasteiger partial charge < -0.3 is 14.9 Å². The molecule has 2 fully saturated rings. The molecule has 0 aliphatic carbocycles. The monoisotopic (exact) mass is 324 g/mol. The van der Waals surface area contributed by atoms with Crippen molar-refractivity contribution in [1.82, 2.24) is 9.97 Å². The second-order valence-corrected chi connectivity index (χ2v) is 7.10. The lowest BCUT2D eigenvalue weighted by atomic mass is 10.0. The highest BCUT2D eigenvalue weighted by atomic mass is 16.3. The minimum atomic E-state index is -0.166. The average Bonchev–Trinajstić information content (AvgIpc) is 2.87. The topological polar surface area (TPSA) is 52.5 Å². The molecule has 5 nitrogen and oxygen atoms in total. The molecule has 0 spiro atoms. The van der Waals surface area contributed by atoms with E-state index in [0.717, 1.165) is 42.9 Å². The summed E-state index contributed by atoms with van der Waals surface area (Å²) in [5.41, 5.74) is 3.24. The standard InChI is InChI=1S/C19H24N4O/c1-22(2)14-5-3-13(4-6-14)18-9-10-20-19(21-18)23-15-7-8-16(23)12-17(24)11-15/h3-6,9-10,15-17,24H,7-8,11-12H2,1-2H3/t15-,16+,17?. The van der Waals surface area contributed by atoms with Gasteiger partial charge >= 0.3 is 0 Å². The molecule has 126 valence electrons. The van der Waals surface area contributed by atoms with Gasteiger partial charge in [-0.25, -0.2) is 9.97 Å². The number of hydrogen-bond donors (Lipinski definition) is 1. The zero-order valence-corrected chi connectivity index (χ0v) is 14.3. The molecule has 1 unspecified atom stereocenters. The van der Waals surface area contributed by atoms with Gasteiger partial charge in [0.1, 0.15) is 0 Å². The first-order valence-electron chi connectivity index (χ1n) is 8.69. The highest BCUT2D eigenvalue weighted by molar-refractivity contribution is 5.64. The number of piperidine rings is 1. The van der Waals surface area contributed by atoms with Crippen LogP contribution in [0.5, 0.6) is 0 Å². The van der Waals surface area contributed by atoms with Crippen LogP contribution in [0.15, 0.2) is 36.5 Å². The van der Waals surface area contributed by atoms with Gasteiger partial charge in [0.15, 0.2) is 0 Å². The van der Waals surface area contributed by atoms with Gasteiger partial charge in [0.25, 0.3) is 0 Å². The summed E-state index contributed by atoms with van der Waals surface area (Å²) in [6.07, 6.45) is 5.62. The van der Waals surface area contributed by atoms with E-state index in [-0.39, 0.29) is 6.10 Å². The third-order valence-electron chi connectivity index (χ3n) is 5.26. The van der Waals surface area contributed by atoms with Crippen LogP contribution < -0.4 is 9.80 Å². The molecule has 2 bridgehead atoms. The summed E-state index contributed by atoms with van der Waals surface area (Å²) in [5, 5.41) is 9.99. The van der Waals surface area contributed by atoms with Crippen LogP contribution in [0.2, 0.25) is 0 Å².